The highest BCUT2D eigenvalue weighted by atomic mass is 32.2. The first kappa shape index (κ1) is 19.5. The SMILES string of the molecule is O=C(CCCCSc1nnc2c(n1)[nH]c1ccccc12)Nc1cccc2ccccc12. The lowest BCUT2D eigenvalue weighted by Crippen LogP contribution is -2.11. The van der Waals surface area contributed by atoms with Crippen molar-refractivity contribution in [1.29, 1.82) is 0 Å². The van der Waals surface area contributed by atoms with E-state index < -0.39 is 0 Å². The van der Waals surface area contributed by atoms with Crippen LogP contribution in [0, 0.1) is 0 Å². The molecular weight excluding hydrogens is 406 g/mol. The van der Waals surface area contributed by atoms with Crippen LogP contribution in [0.1, 0.15) is 19.3 Å². The molecule has 2 heterocycles. The minimum absolute atomic E-state index is 0.0405. The zero-order valence-corrected chi connectivity index (χ0v) is 17.7. The molecule has 0 bridgehead atoms. The summed E-state index contributed by atoms with van der Waals surface area (Å²) in [5, 5.41) is 15.5. The number of rotatable bonds is 7. The van der Waals surface area contributed by atoms with Crippen LogP contribution in [0.5, 0.6) is 0 Å². The molecule has 0 fully saturated rings. The first-order valence-electron chi connectivity index (χ1n) is 10.3. The Bertz CT molecular complexity index is 1380. The van der Waals surface area contributed by atoms with Crippen molar-refractivity contribution in [2.45, 2.75) is 24.4 Å². The van der Waals surface area contributed by atoms with Crippen LogP contribution in [0.25, 0.3) is 32.8 Å². The normalized spacial score (nSPS) is 11.4. The Hall–Kier alpha value is -3.45. The number of anilines is 1. The Labute approximate surface area is 183 Å². The summed E-state index contributed by atoms with van der Waals surface area (Å²) in [6.07, 6.45) is 2.21. The number of aromatic nitrogens is 4. The van der Waals surface area contributed by atoms with Gasteiger partial charge in [-0.3, -0.25) is 4.79 Å². The molecule has 2 aromatic heterocycles. The highest BCUT2D eigenvalue weighted by molar-refractivity contribution is 7.99. The largest absolute Gasteiger partial charge is 0.338 e. The number of aromatic amines is 1. The van der Waals surface area contributed by atoms with Crippen molar-refractivity contribution in [3.63, 3.8) is 0 Å². The summed E-state index contributed by atoms with van der Waals surface area (Å²) in [6, 6.07) is 22.0. The Morgan fingerprint density at radius 2 is 1.71 bits per heavy atom. The fourth-order valence-corrected chi connectivity index (χ4v) is 4.45. The molecule has 3 aromatic carbocycles. The molecule has 154 valence electrons. The van der Waals surface area contributed by atoms with E-state index in [9.17, 15) is 4.79 Å². The van der Waals surface area contributed by atoms with Gasteiger partial charge in [0.25, 0.3) is 0 Å². The molecular formula is C24H21N5OS. The summed E-state index contributed by atoms with van der Waals surface area (Å²) in [5.41, 5.74) is 3.43. The van der Waals surface area contributed by atoms with Crippen LogP contribution in [-0.2, 0) is 4.79 Å². The summed E-state index contributed by atoms with van der Waals surface area (Å²) < 4.78 is 0. The second kappa shape index (κ2) is 8.73. The molecule has 0 saturated carbocycles. The number of para-hydroxylation sites is 1. The predicted octanol–water partition coefficient (Wildman–Crippen LogP) is 5.56. The molecule has 31 heavy (non-hydrogen) atoms. The number of amides is 1. The topological polar surface area (TPSA) is 83.6 Å². The molecule has 0 unspecified atom stereocenters. The van der Waals surface area contributed by atoms with Gasteiger partial charge in [0.05, 0.1) is 0 Å². The van der Waals surface area contributed by atoms with Crippen LogP contribution < -0.4 is 5.32 Å². The molecule has 6 nitrogen and oxygen atoms in total. The molecule has 0 aliphatic rings. The maximum absolute atomic E-state index is 12.4. The van der Waals surface area contributed by atoms with E-state index in [1.807, 2.05) is 66.7 Å². The second-order valence-electron chi connectivity index (χ2n) is 7.34. The summed E-state index contributed by atoms with van der Waals surface area (Å²) in [7, 11) is 0. The van der Waals surface area contributed by atoms with Crippen LogP contribution in [0.15, 0.2) is 71.9 Å². The van der Waals surface area contributed by atoms with Crippen molar-refractivity contribution in [1.82, 2.24) is 20.2 Å². The number of benzene rings is 3. The van der Waals surface area contributed by atoms with E-state index in [0.717, 1.165) is 57.1 Å². The minimum Gasteiger partial charge on any atom is -0.338 e. The van der Waals surface area contributed by atoms with Crippen molar-refractivity contribution in [2.24, 2.45) is 0 Å². The third kappa shape index (κ3) is 4.22. The zero-order valence-electron chi connectivity index (χ0n) is 16.8. The van der Waals surface area contributed by atoms with E-state index in [-0.39, 0.29) is 5.91 Å². The number of nitrogens with one attached hydrogen (secondary N) is 2. The number of carbonyl (C=O) groups excluding carboxylic acids is 1. The quantitative estimate of drug-likeness (QED) is 0.262. The highest BCUT2D eigenvalue weighted by Gasteiger charge is 2.09. The third-order valence-electron chi connectivity index (χ3n) is 5.20. The summed E-state index contributed by atoms with van der Waals surface area (Å²) in [6.45, 7) is 0. The monoisotopic (exact) mass is 427 g/mol. The van der Waals surface area contributed by atoms with Crippen molar-refractivity contribution >= 4 is 56.2 Å². The van der Waals surface area contributed by atoms with Gasteiger partial charge in [0.15, 0.2) is 5.65 Å². The van der Waals surface area contributed by atoms with E-state index in [4.69, 9.17) is 0 Å². The van der Waals surface area contributed by atoms with Crippen LogP contribution in [0.2, 0.25) is 0 Å². The molecule has 7 heteroatoms. The van der Waals surface area contributed by atoms with Crippen LogP contribution >= 0.6 is 11.8 Å². The van der Waals surface area contributed by atoms with Gasteiger partial charge < -0.3 is 10.3 Å². The number of nitrogens with zero attached hydrogens (tertiary/aromatic N) is 3. The maximum atomic E-state index is 12.4. The Balaban J connectivity index is 1.12. The van der Waals surface area contributed by atoms with Gasteiger partial charge >= 0.3 is 0 Å². The standard InChI is InChI=1S/C24H21N5OS/c30-21(25-19-13-7-9-16-8-1-2-10-17(16)19)14-5-6-15-31-24-27-23-22(28-29-24)18-11-3-4-12-20(18)26-23/h1-4,7-13H,5-6,14-15H2,(H,25,30)(H,26,27,29). The first-order chi connectivity index (χ1) is 15.3. The highest BCUT2D eigenvalue weighted by Crippen LogP contribution is 2.25. The Kier molecular flexibility index (Phi) is 5.50. The molecule has 0 spiro atoms. The van der Waals surface area contributed by atoms with E-state index >= 15 is 0 Å². The summed E-state index contributed by atoms with van der Waals surface area (Å²) >= 11 is 1.57. The van der Waals surface area contributed by atoms with E-state index in [0.29, 0.717) is 11.6 Å². The van der Waals surface area contributed by atoms with Crippen LogP contribution in [0.3, 0.4) is 0 Å². The number of H-pyrrole nitrogens is 1. The van der Waals surface area contributed by atoms with Crippen LogP contribution in [-0.4, -0.2) is 31.8 Å². The number of thioether (sulfide) groups is 1. The molecule has 0 atom stereocenters. The molecule has 2 N–H and O–H groups in total. The number of fused-ring (bicyclic) bond motifs is 4. The van der Waals surface area contributed by atoms with Gasteiger partial charge in [0.1, 0.15) is 5.52 Å². The molecule has 0 saturated heterocycles. The van der Waals surface area contributed by atoms with Gasteiger partial charge in [-0.2, -0.15) is 0 Å². The average Bonchev–Trinajstić information content (AvgIpc) is 3.17. The van der Waals surface area contributed by atoms with Crippen molar-refractivity contribution in [3.8, 4) is 0 Å². The zero-order chi connectivity index (χ0) is 21.0. The first-order valence-corrected chi connectivity index (χ1v) is 11.3. The Morgan fingerprint density at radius 3 is 2.65 bits per heavy atom. The van der Waals surface area contributed by atoms with Crippen LogP contribution in [0.4, 0.5) is 5.69 Å². The van der Waals surface area contributed by atoms with E-state index in [2.05, 4.69) is 25.5 Å². The summed E-state index contributed by atoms with van der Waals surface area (Å²) in [4.78, 5) is 20.2. The smallest absolute Gasteiger partial charge is 0.224 e. The minimum atomic E-state index is 0.0405. The van der Waals surface area contributed by atoms with Crippen molar-refractivity contribution < 1.29 is 4.79 Å². The van der Waals surface area contributed by atoms with Crippen molar-refractivity contribution in [3.05, 3.63) is 66.7 Å². The second-order valence-corrected chi connectivity index (χ2v) is 8.40. The van der Waals surface area contributed by atoms with E-state index in [1.54, 1.807) is 11.8 Å². The summed E-state index contributed by atoms with van der Waals surface area (Å²) in [5.74, 6) is 0.883. The lowest BCUT2D eigenvalue weighted by molar-refractivity contribution is -0.116. The number of hydrogen-bond acceptors (Lipinski definition) is 5. The third-order valence-corrected chi connectivity index (χ3v) is 6.12. The molecule has 0 aliphatic heterocycles. The molecule has 1 amide bonds. The molecule has 5 aromatic rings. The van der Waals surface area contributed by atoms with Gasteiger partial charge in [-0.05, 0) is 30.4 Å². The number of hydrogen-bond donors (Lipinski definition) is 2. The average molecular weight is 428 g/mol. The molecule has 0 aliphatic carbocycles. The lowest BCUT2D eigenvalue weighted by Gasteiger charge is -2.08. The fourth-order valence-electron chi connectivity index (χ4n) is 3.67. The van der Waals surface area contributed by atoms with Gasteiger partial charge in [-0.1, -0.05) is 66.4 Å². The maximum Gasteiger partial charge on any atom is 0.224 e. The lowest BCUT2D eigenvalue weighted by atomic mass is 10.1. The van der Waals surface area contributed by atoms with Gasteiger partial charge in [-0.15, -0.1) is 10.2 Å². The fraction of sp³-hybridized carbons (Fsp3) is 0.167. The number of unbranched alkanes of at least 4 members (excludes halogenated alkanes) is 1. The van der Waals surface area contributed by atoms with Gasteiger partial charge in [-0.25, -0.2) is 4.98 Å². The Morgan fingerprint density at radius 1 is 0.903 bits per heavy atom. The van der Waals surface area contributed by atoms with Gasteiger partial charge in [0.2, 0.25) is 11.1 Å². The molecule has 5 rings (SSSR count). The van der Waals surface area contributed by atoms with E-state index in [1.165, 1.54) is 0 Å². The van der Waals surface area contributed by atoms with Gasteiger partial charge in [0, 0.05) is 34.2 Å². The van der Waals surface area contributed by atoms with Crippen molar-refractivity contribution in [2.75, 3.05) is 11.1 Å². The number of carbonyl (C=O) groups is 1. The molecule has 0 radical (unpaired) electrons. The predicted molar refractivity (Wildman–Crippen MR) is 126 cm³/mol.